The summed E-state index contributed by atoms with van der Waals surface area (Å²) in [6.45, 7) is 10.7. The summed E-state index contributed by atoms with van der Waals surface area (Å²) in [6.07, 6.45) is 10.6. The summed E-state index contributed by atoms with van der Waals surface area (Å²) < 4.78 is 2.31. The van der Waals surface area contributed by atoms with Crippen molar-refractivity contribution >= 4 is 5.82 Å². The van der Waals surface area contributed by atoms with E-state index in [1.54, 1.807) is 0 Å². The lowest BCUT2D eigenvalue weighted by molar-refractivity contribution is 0.452. The molecule has 0 unspecified atom stereocenters. The second-order valence-electron chi connectivity index (χ2n) is 7.09. The Balaban J connectivity index is 1.86. The number of hydrogen-bond donors (Lipinski definition) is 0. The molecule has 0 radical (unpaired) electrons. The van der Waals surface area contributed by atoms with Gasteiger partial charge in [0.25, 0.3) is 0 Å². The first-order chi connectivity index (χ1) is 11.6. The smallest absolute Gasteiger partial charge is 0.135 e. The summed E-state index contributed by atoms with van der Waals surface area (Å²) in [5.74, 6) is 3.69. The van der Waals surface area contributed by atoms with Gasteiger partial charge >= 0.3 is 0 Å². The first-order valence-electron chi connectivity index (χ1n) is 9.20. The van der Waals surface area contributed by atoms with Crippen LogP contribution >= 0.6 is 0 Å². The molecular formula is C19H29N5. The van der Waals surface area contributed by atoms with Crippen LogP contribution in [0.25, 0.3) is 0 Å². The van der Waals surface area contributed by atoms with Crippen molar-refractivity contribution < 1.29 is 0 Å². The van der Waals surface area contributed by atoms with Gasteiger partial charge in [-0.3, -0.25) is 0 Å². The van der Waals surface area contributed by atoms with Crippen molar-refractivity contribution in [1.29, 1.82) is 0 Å². The van der Waals surface area contributed by atoms with Gasteiger partial charge < -0.3 is 9.47 Å². The third kappa shape index (κ3) is 3.45. The van der Waals surface area contributed by atoms with Gasteiger partial charge in [0.1, 0.15) is 17.5 Å². The van der Waals surface area contributed by atoms with Gasteiger partial charge in [-0.15, -0.1) is 0 Å². The minimum absolute atomic E-state index is 0.454. The molecule has 2 aromatic heterocycles. The van der Waals surface area contributed by atoms with Crippen LogP contribution in [-0.4, -0.2) is 32.6 Å². The molecule has 1 aliphatic heterocycles. The highest BCUT2D eigenvalue weighted by Crippen LogP contribution is 2.31. The van der Waals surface area contributed by atoms with Crippen LogP contribution in [0.1, 0.15) is 69.2 Å². The van der Waals surface area contributed by atoms with Gasteiger partial charge in [-0.2, -0.15) is 0 Å². The van der Waals surface area contributed by atoms with Gasteiger partial charge in [0.15, 0.2) is 0 Å². The molecule has 2 aromatic rings. The molecule has 5 nitrogen and oxygen atoms in total. The van der Waals surface area contributed by atoms with E-state index >= 15 is 0 Å². The first kappa shape index (κ1) is 16.9. The maximum atomic E-state index is 4.78. The van der Waals surface area contributed by atoms with Crippen LogP contribution in [0.3, 0.4) is 0 Å². The molecule has 1 saturated heterocycles. The van der Waals surface area contributed by atoms with Crippen LogP contribution in [-0.2, 0) is 6.42 Å². The summed E-state index contributed by atoms with van der Waals surface area (Å²) in [4.78, 5) is 16.3. The van der Waals surface area contributed by atoms with E-state index in [2.05, 4.69) is 46.4 Å². The number of nitrogens with zero attached hydrogens (tertiary/aromatic N) is 5. The van der Waals surface area contributed by atoms with E-state index in [0.29, 0.717) is 12.0 Å². The standard InChI is InChI=1S/C19H29N5/c1-5-7-16-12-21-15(4)22-19(16)23-10-6-8-17(13-23)18-20-9-11-24(18)14(2)3/h9,11-12,14,17H,5-8,10,13H2,1-4H3/t17-/m0/s1. The molecule has 1 fully saturated rings. The average Bonchev–Trinajstić information content (AvgIpc) is 3.07. The molecule has 3 rings (SSSR count). The van der Waals surface area contributed by atoms with Crippen LogP contribution in [0.4, 0.5) is 5.82 Å². The maximum Gasteiger partial charge on any atom is 0.135 e. The van der Waals surface area contributed by atoms with Gasteiger partial charge in [0.05, 0.1) is 0 Å². The topological polar surface area (TPSA) is 46.8 Å². The van der Waals surface area contributed by atoms with Crippen LogP contribution in [0.15, 0.2) is 18.6 Å². The molecule has 0 amide bonds. The second kappa shape index (κ2) is 7.32. The Kier molecular flexibility index (Phi) is 5.17. The molecule has 1 atom stereocenters. The number of anilines is 1. The van der Waals surface area contributed by atoms with Gasteiger partial charge in [-0.25, -0.2) is 15.0 Å². The van der Waals surface area contributed by atoms with Crippen LogP contribution in [0.5, 0.6) is 0 Å². The summed E-state index contributed by atoms with van der Waals surface area (Å²) in [6, 6.07) is 0.454. The van der Waals surface area contributed by atoms with E-state index < -0.39 is 0 Å². The predicted molar refractivity (Wildman–Crippen MR) is 97.6 cm³/mol. The quantitative estimate of drug-likeness (QED) is 0.835. The highest BCUT2D eigenvalue weighted by molar-refractivity contribution is 5.47. The van der Waals surface area contributed by atoms with E-state index in [1.807, 2.05) is 19.3 Å². The molecule has 0 saturated carbocycles. The number of imidazole rings is 1. The molecule has 0 aromatic carbocycles. The Bertz CT molecular complexity index is 676. The predicted octanol–water partition coefficient (Wildman–Crippen LogP) is 3.90. The number of piperidine rings is 1. The van der Waals surface area contributed by atoms with Crippen molar-refractivity contribution in [2.45, 2.75) is 65.3 Å². The lowest BCUT2D eigenvalue weighted by Gasteiger charge is -2.35. The highest BCUT2D eigenvalue weighted by atomic mass is 15.2. The van der Waals surface area contributed by atoms with Crippen molar-refractivity contribution in [3.05, 3.63) is 35.8 Å². The minimum atomic E-state index is 0.454. The Hall–Kier alpha value is -1.91. The van der Waals surface area contributed by atoms with Crippen LogP contribution in [0.2, 0.25) is 0 Å². The van der Waals surface area contributed by atoms with Crippen LogP contribution < -0.4 is 4.90 Å². The lowest BCUT2D eigenvalue weighted by Crippen LogP contribution is -2.37. The molecule has 24 heavy (non-hydrogen) atoms. The molecular weight excluding hydrogens is 298 g/mol. The number of aryl methyl sites for hydroxylation is 2. The summed E-state index contributed by atoms with van der Waals surface area (Å²) in [5, 5.41) is 0. The third-order valence-corrected chi connectivity index (χ3v) is 4.82. The zero-order valence-corrected chi connectivity index (χ0v) is 15.4. The number of rotatable bonds is 5. The van der Waals surface area contributed by atoms with Crippen molar-refractivity contribution in [2.75, 3.05) is 18.0 Å². The SMILES string of the molecule is CCCc1cnc(C)nc1N1CCC[C@H](c2nccn2C(C)C)C1. The third-order valence-electron chi connectivity index (χ3n) is 4.82. The zero-order chi connectivity index (χ0) is 17.1. The molecule has 5 heteroatoms. The maximum absolute atomic E-state index is 4.78. The average molecular weight is 327 g/mol. The molecule has 1 aliphatic rings. The van der Waals surface area contributed by atoms with Gasteiger partial charge in [0, 0.05) is 49.2 Å². The van der Waals surface area contributed by atoms with Crippen molar-refractivity contribution in [3.63, 3.8) is 0 Å². The minimum Gasteiger partial charge on any atom is -0.356 e. The number of hydrogen-bond acceptors (Lipinski definition) is 4. The summed E-state index contributed by atoms with van der Waals surface area (Å²) >= 11 is 0. The lowest BCUT2D eigenvalue weighted by atomic mass is 9.96. The molecule has 0 spiro atoms. The molecule has 0 bridgehead atoms. The second-order valence-corrected chi connectivity index (χ2v) is 7.09. The normalized spacial score (nSPS) is 18.4. The van der Waals surface area contributed by atoms with Crippen molar-refractivity contribution in [1.82, 2.24) is 19.5 Å². The van der Waals surface area contributed by atoms with Gasteiger partial charge in [-0.05, 0) is 40.0 Å². The van der Waals surface area contributed by atoms with Crippen molar-refractivity contribution in [3.8, 4) is 0 Å². The fourth-order valence-corrected chi connectivity index (χ4v) is 3.66. The fourth-order valence-electron chi connectivity index (χ4n) is 3.66. The molecule has 3 heterocycles. The highest BCUT2D eigenvalue weighted by Gasteiger charge is 2.27. The summed E-state index contributed by atoms with van der Waals surface area (Å²) in [5.41, 5.74) is 1.27. The Labute approximate surface area is 145 Å². The van der Waals surface area contributed by atoms with Crippen molar-refractivity contribution in [2.24, 2.45) is 0 Å². The summed E-state index contributed by atoms with van der Waals surface area (Å²) in [7, 11) is 0. The molecule has 0 aliphatic carbocycles. The van der Waals surface area contributed by atoms with Gasteiger partial charge in [-0.1, -0.05) is 13.3 Å². The fraction of sp³-hybridized carbons (Fsp3) is 0.632. The van der Waals surface area contributed by atoms with E-state index in [-0.39, 0.29) is 0 Å². The largest absolute Gasteiger partial charge is 0.356 e. The van der Waals surface area contributed by atoms with E-state index in [4.69, 9.17) is 4.98 Å². The molecule has 130 valence electrons. The van der Waals surface area contributed by atoms with Crippen LogP contribution in [0, 0.1) is 6.92 Å². The van der Waals surface area contributed by atoms with E-state index in [9.17, 15) is 0 Å². The molecule has 0 N–H and O–H groups in total. The zero-order valence-electron chi connectivity index (χ0n) is 15.4. The van der Waals surface area contributed by atoms with E-state index in [1.165, 1.54) is 24.2 Å². The Morgan fingerprint density at radius 3 is 2.88 bits per heavy atom. The monoisotopic (exact) mass is 327 g/mol. The Morgan fingerprint density at radius 2 is 2.12 bits per heavy atom. The van der Waals surface area contributed by atoms with Gasteiger partial charge in [0.2, 0.25) is 0 Å². The van der Waals surface area contributed by atoms with E-state index in [0.717, 1.165) is 37.6 Å². The number of aromatic nitrogens is 4. The Morgan fingerprint density at radius 1 is 1.29 bits per heavy atom. The first-order valence-corrected chi connectivity index (χ1v) is 9.20.